The molecular weight excluding hydrogens is 159 g/mol. The van der Waals surface area contributed by atoms with Crippen LogP contribution in [-0.2, 0) is 0 Å². The van der Waals surface area contributed by atoms with E-state index in [9.17, 15) is 13.2 Å². The van der Waals surface area contributed by atoms with Gasteiger partial charge in [0.2, 0.25) is 5.95 Å². The third-order valence-corrected chi connectivity index (χ3v) is 0.925. The summed E-state index contributed by atoms with van der Waals surface area (Å²) in [6, 6.07) is 2.02. The predicted molar refractivity (Wildman–Crippen MR) is 30.8 cm³/mol. The first-order valence-electron chi connectivity index (χ1n) is 2.75. The van der Waals surface area contributed by atoms with Crippen molar-refractivity contribution in [1.29, 1.82) is 0 Å². The molecule has 0 unspecified atom stereocenters. The number of rotatable bonds is 2. The first-order valence-corrected chi connectivity index (χ1v) is 2.75. The number of nitrogens with zero attached hydrogens (tertiary/aromatic N) is 1. The molecule has 0 saturated carbocycles. The standard InChI is InChI=1S/C6H4F3NO/c7-5-2-1-4(3-10-5)11-6(8)9/h1-3,6H. The van der Waals surface area contributed by atoms with E-state index in [2.05, 4.69) is 9.72 Å². The third-order valence-electron chi connectivity index (χ3n) is 0.925. The van der Waals surface area contributed by atoms with Crippen molar-refractivity contribution in [2.45, 2.75) is 6.61 Å². The molecule has 1 aromatic rings. The molecule has 0 aliphatic heterocycles. The fourth-order valence-corrected chi connectivity index (χ4v) is 0.535. The maximum Gasteiger partial charge on any atom is 0.387 e. The van der Waals surface area contributed by atoms with Crippen LogP contribution in [0.25, 0.3) is 0 Å². The smallest absolute Gasteiger partial charge is 0.387 e. The highest BCUT2D eigenvalue weighted by Gasteiger charge is 2.03. The SMILES string of the molecule is Fc1ccc(OC(F)F)cn1. The lowest BCUT2D eigenvalue weighted by molar-refractivity contribution is -0.0501. The summed E-state index contributed by atoms with van der Waals surface area (Å²) in [5.41, 5.74) is 0. The van der Waals surface area contributed by atoms with Crippen molar-refractivity contribution in [3.63, 3.8) is 0 Å². The molecule has 0 N–H and O–H groups in total. The Hall–Kier alpha value is -1.26. The van der Waals surface area contributed by atoms with Crippen molar-refractivity contribution in [3.05, 3.63) is 24.3 Å². The molecule has 1 rings (SSSR count). The van der Waals surface area contributed by atoms with E-state index in [0.717, 1.165) is 18.3 Å². The summed E-state index contributed by atoms with van der Waals surface area (Å²) in [4.78, 5) is 3.11. The van der Waals surface area contributed by atoms with Gasteiger partial charge in [0.25, 0.3) is 0 Å². The predicted octanol–water partition coefficient (Wildman–Crippen LogP) is 1.82. The van der Waals surface area contributed by atoms with Crippen molar-refractivity contribution in [1.82, 2.24) is 4.98 Å². The number of aromatic nitrogens is 1. The minimum Gasteiger partial charge on any atom is -0.433 e. The number of pyridine rings is 1. The van der Waals surface area contributed by atoms with Gasteiger partial charge >= 0.3 is 6.61 Å². The van der Waals surface area contributed by atoms with Gasteiger partial charge in [0.05, 0.1) is 6.20 Å². The lowest BCUT2D eigenvalue weighted by atomic mass is 10.5. The molecule has 0 spiro atoms. The molecule has 1 heterocycles. The van der Waals surface area contributed by atoms with Crippen LogP contribution in [0.4, 0.5) is 13.2 Å². The Morgan fingerprint density at radius 1 is 1.36 bits per heavy atom. The Balaban J connectivity index is 2.66. The van der Waals surface area contributed by atoms with E-state index in [1.54, 1.807) is 0 Å². The van der Waals surface area contributed by atoms with Crippen LogP contribution in [0.5, 0.6) is 5.75 Å². The maximum absolute atomic E-state index is 12.1. The number of ether oxygens (including phenoxy) is 1. The molecule has 1 aromatic heterocycles. The van der Waals surface area contributed by atoms with E-state index in [1.165, 1.54) is 0 Å². The highest BCUT2D eigenvalue weighted by molar-refractivity contribution is 5.15. The molecule has 5 heteroatoms. The van der Waals surface area contributed by atoms with Crippen LogP contribution in [0.1, 0.15) is 0 Å². The highest BCUT2D eigenvalue weighted by Crippen LogP contribution is 2.11. The zero-order valence-corrected chi connectivity index (χ0v) is 5.30. The number of alkyl halides is 2. The molecule has 0 fully saturated rings. The van der Waals surface area contributed by atoms with Crippen LogP contribution in [0.2, 0.25) is 0 Å². The molecule has 60 valence electrons. The Labute approximate surface area is 60.6 Å². The molecule has 2 nitrogen and oxygen atoms in total. The van der Waals surface area contributed by atoms with Crippen LogP contribution in [0.15, 0.2) is 18.3 Å². The molecule has 0 atom stereocenters. The second-order valence-corrected chi connectivity index (χ2v) is 1.70. The summed E-state index contributed by atoms with van der Waals surface area (Å²) in [5.74, 6) is -0.881. The summed E-state index contributed by atoms with van der Waals surface area (Å²) in [5, 5.41) is 0. The third kappa shape index (κ3) is 2.45. The van der Waals surface area contributed by atoms with Crippen LogP contribution in [0, 0.1) is 5.95 Å². The Bertz CT molecular complexity index is 224. The topological polar surface area (TPSA) is 22.1 Å². The number of halogens is 3. The van der Waals surface area contributed by atoms with E-state index in [4.69, 9.17) is 0 Å². The van der Waals surface area contributed by atoms with Gasteiger partial charge in [-0.25, -0.2) is 4.98 Å². The monoisotopic (exact) mass is 163 g/mol. The van der Waals surface area contributed by atoms with E-state index >= 15 is 0 Å². The van der Waals surface area contributed by atoms with Gasteiger partial charge in [-0.05, 0) is 12.1 Å². The summed E-state index contributed by atoms with van der Waals surface area (Å²) in [6.07, 6.45) is 0.890. The van der Waals surface area contributed by atoms with E-state index in [0.29, 0.717) is 0 Å². The molecule has 0 bridgehead atoms. The van der Waals surface area contributed by atoms with Crippen molar-refractivity contribution < 1.29 is 17.9 Å². The largest absolute Gasteiger partial charge is 0.433 e. The van der Waals surface area contributed by atoms with E-state index < -0.39 is 12.6 Å². The van der Waals surface area contributed by atoms with Crippen LogP contribution < -0.4 is 4.74 Å². The first kappa shape index (κ1) is 7.84. The molecule has 0 amide bonds. The molecule has 0 aliphatic rings. The molecule has 0 aromatic carbocycles. The quantitative estimate of drug-likeness (QED) is 0.620. The normalized spacial score (nSPS) is 10.2. The minimum absolute atomic E-state index is 0.151. The van der Waals surface area contributed by atoms with Crippen LogP contribution in [-0.4, -0.2) is 11.6 Å². The van der Waals surface area contributed by atoms with Crippen molar-refractivity contribution in [3.8, 4) is 5.75 Å². The van der Waals surface area contributed by atoms with Crippen molar-refractivity contribution in [2.75, 3.05) is 0 Å². The molecule has 0 aliphatic carbocycles. The zero-order chi connectivity index (χ0) is 8.27. The second kappa shape index (κ2) is 3.23. The van der Waals surface area contributed by atoms with Gasteiger partial charge in [0.15, 0.2) is 0 Å². The van der Waals surface area contributed by atoms with Gasteiger partial charge < -0.3 is 4.74 Å². The summed E-state index contributed by atoms with van der Waals surface area (Å²) >= 11 is 0. The first-order chi connectivity index (χ1) is 5.18. The molecule has 11 heavy (non-hydrogen) atoms. The Kier molecular flexibility index (Phi) is 2.30. The Morgan fingerprint density at radius 2 is 2.09 bits per heavy atom. The van der Waals surface area contributed by atoms with Gasteiger partial charge in [-0.15, -0.1) is 0 Å². The van der Waals surface area contributed by atoms with Gasteiger partial charge in [0.1, 0.15) is 5.75 Å². The minimum atomic E-state index is -2.90. The fourth-order valence-electron chi connectivity index (χ4n) is 0.535. The van der Waals surface area contributed by atoms with Crippen LogP contribution >= 0.6 is 0 Å². The van der Waals surface area contributed by atoms with Crippen LogP contribution in [0.3, 0.4) is 0 Å². The highest BCUT2D eigenvalue weighted by atomic mass is 19.3. The molecule has 0 radical (unpaired) electrons. The molecular formula is C6H4F3NO. The van der Waals surface area contributed by atoms with Gasteiger partial charge in [-0.1, -0.05) is 0 Å². The fraction of sp³-hybridized carbons (Fsp3) is 0.167. The summed E-state index contributed by atoms with van der Waals surface area (Å²) < 4.78 is 38.9. The van der Waals surface area contributed by atoms with Gasteiger partial charge in [0, 0.05) is 0 Å². The average molecular weight is 163 g/mol. The summed E-state index contributed by atoms with van der Waals surface area (Å²) in [6.45, 7) is -2.90. The van der Waals surface area contributed by atoms with Gasteiger partial charge in [-0.2, -0.15) is 13.2 Å². The molecule has 0 saturated heterocycles. The Morgan fingerprint density at radius 3 is 2.55 bits per heavy atom. The van der Waals surface area contributed by atoms with E-state index in [1.807, 2.05) is 0 Å². The number of hydrogen-bond donors (Lipinski definition) is 0. The summed E-state index contributed by atoms with van der Waals surface area (Å²) in [7, 11) is 0. The number of hydrogen-bond acceptors (Lipinski definition) is 2. The zero-order valence-electron chi connectivity index (χ0n) is 5.30. The lowest BCUT2D eigenvalue weighted by Gasteiger charge is -2.01. The van der Waals surface area contributed by atoms with Crippen molar-refractivity contribution in [2.24, 2.45) is 0 Å². The second-order valence-electron chi connectivity index (χ2n) is 1.70. The maximum atomic E-state index is 12.1. The average Bonchev–Trinajstić information content (AvgIpc) is 1.93. The van der Waals surface area contributed by atoms with E-state index in [-0.39, 0.29) is 5.75 Å². The van der Waals surface area contributed by atoms with Crippen molar-refractivity contribution >= 4 is 0 Å². The lowest BCUT2D eigenvalue weighted by Crippen LogP contribution is -2.02. The van der Waals surface area contributed by atoms with Gasteiger partial charge in [-0.3, -0.25) is 0 Å².